The number of aryl methyl sites for hydroxylation is 1. The summed E-state index contributed by atoms with van der Waals surface area (Å²) in [5, 5.41) is 0. The summed E-state index contributed by atoms with van der Waals surface area (Å²) in [7, 11) is 0. The topological polar surface area (TPSA) is 35.2 Å². The van der Waals surface area contributed by atoms with Crippen molar-refractivity contribution in [2.45, 2.75) is 25.5 Å². The van der Waals surface area contributed by atoms with Gasteiger partial charge in [-0.3, -0.25) is 0 Å². The molecule has 0 aliphatic carbocycles. The van der Waals surface area contributed by atoms with Gasteiger partial charge >= 0.3 is 0 Å². The van der Waals surface area contributed by atoms with Crippen molar-refractivity contribution in [3.05, 3.63) is 64.7 Å². The zero-order chi connectivity index (χ0) is 14.3. The Morgan fingerprint density at radius 2 is 1.75 bits per heavy atom. The molecular weight excluding hydrogens is 260 g/mol. The van der Waals surface area contributed by atoms with E-state index in [-0.39, 0.29) is 23.8 Å². The van der Waals surface area contributed by atoms with Gasteiger partial charge < -0.3 is 10.5 Å². The fourth-order valence-electron chi connectivity index (χ4n) is 2.67. The van der Waals surface area contributed by atoms with Gasteiger partial charge in [-0.25, -0.2) is 8.78 Å². The van der Waals surface area contributed by atoms with Crippen LogP contribution in [-0.2, 0) is 0 Å². The number of benzene rings is 2. The van der Waals surface area contributed by atoms with Crippen molar-refractivity contribution in [2.24, 2.45) is 5.73 Å². The molecule has 0 fully saturated rings. The molecule has 2 nitrogen and oxygen atoms in total. The van der Waals surface area contributed by atoms with Gasteiger partial charge in [0, 0.05) is 18.0 Å². The summed E-state index contributed by atoms with van der Waals surface area (Å²) in [6, 6.07) is 8.68. The summed E-state index contributed by atoms with van der Waals surface area (Å²) in [5.41, 5.74) is 8.52. The first-order chi connectivity index (χ1) is 9.54. The van der Waals surface area contributed by atoms with E-state index in [1.807, 2.05) is 6.92 Å². The second-order valence-electron chi connectivity index (χ2n) is 5.13. The molecule has 0 radical (unpaired) electrons. The Labute approximate surface area is 116 Å². The molecule has 0 amide bonds. The fraction of sp³-hybridized carbons (Fsp3) is 0.250. The first kappa shape index (κ1) is 13.1. The molecule has 2 N–H and O–H groups in total. The van der Waals surface area contributed by atoms with Gasteiger partial charge in [0.1, 0.15) is 23.5 Å². The lowest BCUT2D eigenvalue weighted by molar-refractivity contribution is 0.160. The van der Waals surface area contributed by atoms with Crippen molar-refractivity contribution in [3.8, 4) is 5.75 Å². The lowest BCUT2D eigenvalue weighted by Crippen LogP contribution is -2.24. The smallest absolute Gasteiger partial charge is 0.126 e. The predicted molar refractivity (Wildman–Crippen MR) is 72.5 cm³/mol. The molecule has 0 aromatic heterocycles. The van der Waals surface area contributed by atoms with Crippen molar-refractivity contribution in [2.75, 3.05) is 0 Å². The summed E-state index contributed by atoms with van der Waals surface area (Å²) < 4.78 is 32.3. The largest absolute Gasteiger partial charge is 0.485 e. The second kappa shape index (κ2) is 4.87. The minimum absolute atomic E-state index is 0.233. The van der Waals surface area contributed by atoms with Crippen molar-refractivity contribution < 1.29 is 13.5 Å². The van der Waals surface area contributed by atoms with Crippen LogP contribution in [0.2, 0.25) is 0 Å². The average Bonchev–Trinajstić information content (AvgIpc) is 2.39. The van der Waals surface area contributed by atoms with Gasteiger partial charge in [0.25, 0.3) is 0 Å². The fourth-order valence-corrected chi connectivity index (χ4v) is 2.67. The average molecular weight is 275 g/mol. The molecule has 1 heterocycles. The van der Waals surface area contributed by atoms with E-state index in [2.05, 4.69) is 0 Å². The number of fused-ring (bicyclic) bond motifs is 1. The van der Waals surface area contributed by atoms with Crippen LogP contribution in [0.5, 0.6) is 5.75 Å². The Hall–Kier alpha value is -1.94. The molecule has 0 saturated heterocycles. The maximum atomic E-state index is 13.2. The summed E-state index contributed by atoms with van der Waals surface area (Å²) >= 11 is 0. The normalized spacial score (nSPS) is 21.2. The lowest BCUT2D eigenvalue weighted by Gasteiger charge is -2.31. The molecular formula is C16H15F2NO. The van der Waals surface area contributed by atoms with Crippen LogP contribution in [0.1, 0.15) is 35.3 Å². The van der Waals surface area contributed by atoms with E-state index in [1.165, 1.54) is 24.3 Å². The molecule has 0 spiro atoms. The van der Waals surface area contributed by atoms with Crippen LogP contribution in [0.15, 0.2) is 36.4 Å². The molecule has 0 bridgehead atoms. The van der Waals surface area contributed by atoms with Crippen LogP contribution in [0.3, 0.4) is 0 Å². The van der Waals surface area contributed by atoms with Crippen molar-refractivity contribution in [1.29, 1.82) is 0 Å². The Kier molecular flexibility index (Phi) is 3.18. The molecule has 2 aromatic rings. The highest BCUT2D eigenvalue weighted by Gasteiger charge is 2.28. The van der Waals surface area contributed by atoms with Crippen molar-refractivity contribution in [1.82, 2.24) is 0 Å². The molecule has 0 saturated carbocycles. The third-order valence-corrected chi connectivity index (χ3v) is 3.69. The number of rotatable bonds is 1. The molecule has 20 heavy (non-hydrogen) atoms. The maximum absolute atomic E-state index is 13.2. The van der Waals surface area contributed by atoms with Crippen LogP contribution in [0.4, 0.5) is 8.78 Å². The summed E-state index contributed by atoms with van der Waals surface area (Å²) in [6.45, 7) is 1.84. The lowest BCUT2D eigenvalue weighted by atomic mass is 9.91. The molecule has 4 heteroatoms. The number of nitrogens with two attached hydrogens (primary N) is 1. The van der Waals surface area contributed by atoms with Gasteiger partial charge in [-0.05, 0) is 48.4 Å². The molecule has 1 aliphatic rings. The third kappa shape index (κ3) is 2.27. The van der Waals surface area contributed by atoms with Crippen LogP contribution in [0.25, 0.3) is 0 Å². The molecule has 3 rings (SSSR count). The van der Waals surface area contributed by atoms with Gasteiger partial charge in [-0.2, -0.15) is 0 Å². The highest BCUT2D eigenvalue weighted by Crippen LogP contribution is 2.40. The van der Waals surface area contributed by atoms with E-state index in [4.69, 9.17) is 10.5 Å². The maximum Gasteiger partial charge on any atom is 0.126 e. The quantitative estimate of drug-likeness (QED) is 0.859. The molecule has 1 aliphatic heterocycles. The summed E-state index contributed by atoms with van der Waals surface area (Å²) in [6.07, 6.45) is 0.312. The first-order valence-corrected chi connectivity index (χ1v) is 6.52. The van der Waals surface area contributed by atoms with E-state index in [0.29, 0.717) is 17.7 Å². The standard InChI is InChI=1S/C16H15F2NO/c1-9-6-10(17)2-4-12(9)16-8-14(19)13-7-11(18)3-5-15(13)20-16/h2-7,14,16H,8,19H2,1H3/t14-,16?/m1/s1. The summed E-state index contributed by atoms with van der Waals surface area (Å²) in [5.74, 6) is 0.00640. The molecule has 1 unspecified atom stereocenters. The first-order valence-electron chi connectivity index (χ1n) is 6.52. The predicted octanol–water partition coefficient (Wildman–Crippen LogP) is 3.80. The van der Waals surface area contributed by atoms with Crippen LogP contribution < -0.4 is 10.5 Å². The van der Waals surface area contributed by atoms with E-state index in [0.717, 1.165) is 11.1 Å². The van der Waals surface area contributed by atoms with Gasteiger partial charge in [0.2, 0.25) is 0 Å². The van der Waals surface area contributed by atoms with Gasteiger partial charge in [-0.1, -0.05) is 6.07 Å². The molecule has 104 valence electrons. The molecule has 2 aromatic carbocycles. The highest BCUT2D eigenvalue weighted by atomic mass is 19.1. The number of hydrogen-bond acceptors (Lipinski definition) is 2. The number of halogens is 2. The number of hydrogen-bond donors (Lipinski definition) is 1. The van der Waals surface area contributed by atoms with E-state index in [9.17, 15) is 8.78 Å². The van der Waals surface area contributed by atoms with Gasteiger partial charge in [0.05, 0.1) is 0 Å². The van der Waals surface area contributed by atoms with Crippen LogP contribution >= 0.6 is 0 Å². The Morgan fingerprint density at radius 1 is 1.05 bits per heavy atom. The van der Waals surface area contributed by atoms with E-state index in [1.54, 1.807) is 12.1 Å². The zero-order valence-corrected chi connectivity index (χ0v) is 11.1. The minimum atomic E-state index is -0.320. The van der Waals surface area contributed by atoms with Crippen LogP contribution in [0, 0.1) is 18.6 Å². The van der Waals surface area contributed by atoms with E-state index < -0.39 is 0 Å². The van der Waals surface area contributed by atoms with Crippen molar-refractivity contribution in [3.63, 3.8) is 0 Å². The van der Waals surface area contributed by atoms with Gasteiger partial charge in [-0.15, -0.1) is 0 Å². The zero-order valence-electron chi connectivity index (χ0n) is 11.1. The van der Waals surface area contributed by atoms with Gasteiger partial charge in [0.15, 0.2) is 0 Å². The Morgan fingerprint density at radius 3 is 2.50 bits per heavy atom. The molecule has 2 atom stereocenters. The van der Waals surface area contributed by atoms with Crippen LogP contribution in [-0.4, -0.2) is 0 Å². The second-order valence-corrected chi connectivity index (χ2v) is 5.13. The Bertz CT molecular complexity index is 657. The third-order valence-electron chi connectivity index (χ3n) is 3.69. The highest BCUT2D eigenvalue weighted by molar-refractivity contribution is 5.40. The van der Waals surface area contributed by atoms with E-state index >= 15 is 0 Å². The SMILES string of the molecule is Cc1cc(F)ccc1C1C[C@@H](N)c2cc(F)ccc2O1. The minimum Gasteiger partial charge on any atom is -0.485 e. The number of ether oxygens (including phenoxy) is 1. The summed E-state index contributed by atoms with van der Waals surface area (Å²) in [4.78, 5) is 0. The Balaban J connectivity index is 1.97. The monoisotopic (exact) mass is 275 g/mol. The van der Waals surface area contributed by atoms with Crippen molar-refractivity contribution >= 4 is 0 Å².